The molecule has 1 fully saturated rings. The van der Waals surface area contributed by atoms with Gasteiger partial charge in [-0.05, 0) is 12.1 Å². The number of aromatic nitrogens is 2. The Morgan fingerprint density at radius 3 is 2.54 bits per heavy atom. The number of carbonyl (C=O) groups excluding carboxylic acids is 1. The van der Waals surface area contributed by atoms with Gasteiger partial charge < -0.3 is 10.0 Å². The smallest absolute Gasteiger partial charge is 0.394 e. The van der Waals surface area contributed by atoms with Crippen LogP contribution < -0.4 is 0 Å². The molecule has 1 aromatic heterocycles. The first-order valence-electron chi connectivity index (χ1n) is 7.57. The van der Waals surface area contributed by atoms with Gasteiger partial charge >= 0.3 is 12.1 Å². The summed E-state index contributed by atoms with van der Waals surface area (Å²) in [6.07, 6.45) is -4.70. The molecule has 2 atom stereocenters. The van der Waals surface area contributed by atoms with Crippen LogP contribution in [0.25, 0.3) is 11.3 Å². The van der Waals surface area contributed by atoms with E-state index in [1.165, 1.54) is 6.07 Å². The molecule has 26 heavy (non-hydrogen) atoms. The Morgan fingerprint density at radius 1 is 1.27 bits per heavy atom. The highest BCUT2D eigenvalue weighted by Crippen LogP contribution is 2.38. The summed E-state index contributed by atoms with van der Waals surface area (Å²) in [5.74, 6) is -6.11. The second kappa shape index (κ2) is 6.64. The molecule has 3 rings (SSSR count). The second-order valence-electron chi connectivity index (χ2n) is 5.95. The SMILES string of the molecule is O=C(O)[C@@H]1CN(C(=O)c2cc(-c3ccccc3Cl)n[nH]2)C[C@H]1C(F)(F)F. The number of aliphatic carboxylic acids is 1. The minimum atomic E-state index is -4.70. The zero-order valence-corrected chi connectivity index (χ0v) is 13.9. The summed E-state index contributed by atoms with van der Waals surface area (Å²) in [6, 6.07) is 8.14. The van der Waals surface area contributed by atoms with Crippen molar-refractivity contribution < 1.29 is 27.9 Å². The third-order valence-electron chi connectivity index (χ3n) is 4.30. The third kappa shape index (κ3) is 3.39. The summed E-state index contributed by atoms with van der Waals surface area (Å²) < 4.78 is 39.1. The van der Waals surface area contributed by atoms with E-state index in [0.717, 1.165) is 4.90 Å². The number of hydrogen-bond acceptors (Lipinski definition) is 3. The number of carbonyl (C=O) groups is 2. The van der Waals surface area contributed by atoms with Gasteiger partial charge in [0.25, 0.3) is 5.91 Å². The molecule has 0 spiro atoms. The minimum Gasteiger partial charge on any atom is -0.481 e. The molecule has 0 radical (unpaired) electrons. The van der Waals surface area contributed by atoms with Crippen molar-refractivity contribution in [3.8, 4) is 11.3 Å². The zero-order valence-electron chi connectivity index (χ0n) is 13.1. The molecule has 0 saturated carbocycles. The fraction of sp³-hybridized carbons (Fsp3) is 0.312. The fourth-order valence-corrected chi connectivity index (χ4v) is 3.19. The standard InChI is InChI=1S/C16H13ClF3N3O3/c17-11-4-2-1-3-8(11)12-5-13(22-21-12)14(24)23-6-9(15(25)26)10(7-23)16(18,19)20/h1-5,9-10H,6-7H2,(H,21,22)(H,25,26)/t9-,10-/m1/s1. The number of benzene rings is 1. The number of halogens is 4. The Labute approximate surface area is 150 Å². The summed E-state index contributed by atoms with van der Waals surface area (Å²) in [7, 11) is 0. The van der Waals surface area contributed by atoms with Crippen molar-refractivity contribution in [2.45, 2.75) is 6.18 Å². The summed E-state index contributed by atoms with van der Waals surface area (Å²) in [6.45, 7) is -1.22. The largest absolute Gasteiger partial charge is 0.481 e. The van der Waals surface area contributed by atoms with E-state index >= 15 is 0 Å². The van der Waals surface area contributed by atoms with Crippen LogP contribution in [0.15, 0.2) is 30.3 Å². The fourth-order valence-electron chi connectivity index (χ4n) is 2.96. The first kappa shape index (κ1) is 18.2. The molecule has 1 aromatic carbocycles. The van der Waals surface area contributed by atoms with Crippen molar-refractivity contribution in [3.63, 3.8) is 0 Å². The number of rotatable bonds is 3. The van der Waals surface area contributed by atoms with Crippen LogP contribution in [0.3, 0.4) is 0 Å². The lowest BCUT2D eigenvalue weighted by molar-refractivity contribution is -0.187. The van der Waals surface area contributed by atoms with Crippen molar-refractivity contribution in [3.05, 3.63) is 41.0 Å². The molecule has 0 aliphatic carbocycles. The molecular formula is C16H13ClF3N3O3. The highest BCUT2D eigenvalue weighted by molar-refractivity contribution is 6.33. The van der Waals surface area contributed by atoms with Gasteiger partial charge in [0.1, 0.15) is 5.69 Å². The van der Waals surface area contributed by atoms with E-state index in [-0.39, 0.29) is 5.69 Å². The lowest BCUT2D eigenvalue weighted by atomic mass is 9.96. The molecule has 2 N–H and O–H groups in total. The Bertz CT molecular complexity index is 853. The monoisotopic (exact) mass is 387 g/mol. The van der Waals surface area contributed by atoms with Gasteiger partial charge in [0.15, 0.2) is 0 Å². The maximum absolute atomic E-state index is 13.0. The molecule has 2 heterocycles. The molecule has 10 heteroatoms. The molecule has 1 amide bonds. The lowest BCUT2D eigenvalue weighted by Crippen LogP contribution is -2.34. The maximum atomic E-state index is 13.0. The van der Waals surface area contributed by atoms with Gasteiger partial charge in [-0.2, -0.15) is 18.3 Å². The number of likely N-dealkylation sites (tertiary alicyclic amines) is 1. The van der Waals surface area contributed by atoms with E-state index in [0.29, 0.717) is 16.3 Å². The van der Waals surface area contributed by atoms with E-state index in [1.54, 1.807) is 24.3 Å². The van der Waals surface area contributed by atoms with E-state index in [4.69, 9.17) is 16.7 Å². The van der Waals surface area contributed by atoms with E-state index < -0.39 is 43.0 Å². The number of alkyl halides is 3. The Morgan fingerprint density at radius 2 is 1.96 bits per heavy atom. The zero-order chi connectivity index (χ0) is 19.1. The number of H-pyrrole nitrogens is 1. The van der Waals surface area contributed by atoms with Crippen molar-refractivity contribution in [1.29, 1.82) is 0 Å². The van der Waals surface area contributed by atoms with Crippen LogP contribution in [0.4, 0.5) is 13.2 Å². The van der Waals surface area contributed by atoms with Crippen LogP contribution in [0.5, 0.6) is 0 Å². The third-order valence-corrected chi connectivity index (χ3v) is 4.63. The topological polar surface area (TPSA) is 86.3 Å². The van der Waals surface area contributed by atoms with Gasteiger partial charge in [-0.3, -0.25) is 14.7 Å². The number of nitrogens with zero attached hydrogens (tertiary/aromatic N) is 2. The summed E-state index contributed by atoms with van der Waals surface area (Å²) in [5, 5.41) is 15.9. The predicted octanol–water partition coefficient (Wildman–Crippen LogP) is 3.07. The Balaban J connectivity index is 1.82. The summed E-state index contributed by atoms with van der Waals surface area (Å²) in [4.78, 5) is 24.5. The number of carboxylic acids is 1. The Hall–Kier alpha value is -2.55. The summed E-state index contributed by atoms with van der Waals surface area (Å²) >= 11 is 6.06. The van der Waals surface area contributed by atoms with Crippen molar-refractivity contribution in [1.82, 2.24) is 15.1 Å². The van der Waals surface area contributed by atoms with E-state index in [9.17, 15) is 22.8 Å². The van der Waals surface area contributed by atoms with Gasteiger partial charge in [-0.25, -0.2) is 0 Å². The molecule has 1 saturated heterocycles. The number of aromatic amines is 1. The number of carboxylic acid groups (broad SMARTS) is 1. The maximum Gasteiger partial charge on any atom is 0.394 e. The van der Waals surface area contributed by atoms with Gasteiger partial charge in [0.05, 0.1) is 22.6 Å². The first-order valence-corrected chi connectivity index (χ1v) is 7.95. The second-order valence-corrected chi connectivity index (χ2v) is 6.36. The number of hydrogen-bond donors (Lipinski definition) is 2. The van der Waals surface area contributed by atoms with Crippen LogP contribution in [0, 0.1) is 11.8 Å². The average Bonchev–Trinajstić information content (AvgIpc) is 3.22. The Kier molecular flexibility index (Phi) is 4.66. The van der Waals surface area contributed by atoms with E-state index in [1.807, 2.05) is 0 Å². The van der Waals surface area contributed by atoms with Gasteiger partial charge in [-0.15, -0.1) is 0 Å². The van der Waals surface area contributed by atoms with Crippen LogP contribution in [0.2, 0.25) is 5.02 Å². The highest BCUT2D eigenvalue weighted by Gasteiger charge is 2.53. The van der Waals surface area contributed by atoms with Crippen molar-refractivity contribution in [2.24, 2.45) is 11.8 Å². The lowest BCUT2D eigenvalue weighted by Gasteiger charge is -2.18. The molecule has 0 bridgehead atoms. The van der Waals surface area contributed by atoms with Crippen LogP contribution in [-0.4, -0.2) is 51.3 Å². The van der Waals surface area contributed by atoms with Crippen LogP contribution >= 0.6 is 11.6 Å². The molecular weight excluding hydrogens is 375 g/mol. The van der Waals surface area contributed by atoms with E-state index in [2.05, 4.69) is 10.2 Å². The molecule has 1 aliphatic heterocycles. The highest BCUT2D eigenvalue weighted by atomic mass is 35.5. The molecule has 0 unspecified atom stereocenters. The molecule has 6 nitrogen and oxygen atoms in total. The van der Waals surface area contributed by atoms with Crippen molar-refractivity contribution >= 4 is 23.5 Å². The minimum absolute atomic E-state index is 0.0353. The van der Waals surface area contributed by atoms with Crippen LogP contribution in [0.1, 0.15) is 10.5 Å². The average molecular weight is 388 g/mol. The van der Waals surface area contributed by atoms with Crippen molar-refractivity contribution in [2.75, 3.05) is 13.1 Å². The quantitative estimate of drug-likeness (QED) is 0.847. The van der Waals surface area contributed by atoms with Gasteiger partial charge in [0, 0.05) is 18.7 Å². The van der Waals surface area contributed by atoms with Gasteiger partial charge in [-0.1, -0.05) is 29.8 Å². The molecule has 2 aromatic rings. The molecule has 1 aliphatic rings. The number of amides is 1. The van der Waals surface area contributed by atoms with Crippen LogP contribution in [-0.2, 0) is 4.79 Å². The normalized spacial score (nSPS) is 20.4. The predicted molar refractivity (Wildman–Crippen MR) is 85.6 cm³/mol. The number of nitrogens with one attached hydrogen (secondary N) is 1. The molecule has 138 valence electrons. The summed E-state index contributed by atoms with van der Waals surface area (Å²) in [5.41, 5.74) is 0.884. The first-order chi connectivity index (χ1) is 12.2. The van der Waals surface area contributed by atoms with Gasteiger partial charge in [0.2, 0.25) is 0 Å².